The Hall–Kier alpha value is -1.10. The van der Waals surface area contributed by atoms with Crippen molar-refractivity contribution in [2.24, 2.45) is 11.1 Å². The highest BCUT2D eigenvalue weighted by Crippen LogP contribution is 2.41. The highest BCUT2D eigenvalue weighted by Gasteiger charge is 2.44. The van der Waals surface area contributed by atoms with E-state index in [-0.39, 0.29) is 18.9 Å². The first-order chi connectivity index (χ1) is 7.02. The van der Waals surface area contributed by atoms with Gasteiger partial charge in [0.25, 0.3) is 0 Å². The summed E-state index contributed by atoms with van der Waals surface area (Å²) in [5.74, 6) is -0.887. The van der Waals surface area contributed by atoms with Crippen molar-refractivity contribution >= 4 is 11.9 Å². The first-order valence-electron chi connectivity index (χ1n) is 5.19. The summed E-state index contributed by atoms with van der Waals surface area (Å²) >= 11 is 0. The van der Waals surface area contributed by atoms with Crippen molar-refractivity contribution in [2.75, 3.05) is 20.1 Å². The molecule has 86 valence electrons. The van der Waals surface area contributed by atoms with Gasteiger partial charge in [0.15, 0.2) is 0 Å². The number of hydrogen-bond donors (Lipinski definition) is 2. The number of carboxylic acid groups (broad SMARTS) is 1. The van der Waals surface area contributed by atoms with Crippen LogP contribution in [0.4, 0.5) is 0 Å². The summed E-state index contributed by atoms with van der Waals surface area (Å²) in [5, 5.41) is 8.51. The fourth-order valence-electron chi connectivity index (χ4n) is 1.88. The van der Waals surface area contributed by atoms with Crippen LogP contribution in [0.25, 0.3) is 0 Å². The van der Waals surface area contributed by atoms with Crippen LogP contribution in [0, 0.1) is 5.41 Å². The largest absolute Gasteiger partial charge is 0.481 e. The van der Waals surface area contributed by atoms with Gasteiger partial charge in [0.1, 0.15) is 0 Å². The van der Waals surface area contributed by atoms with Gasteiger partial charge in [-0.05, 0) is 12.8 Å². The monoisotopic (exact) mass is 214 g/mol. The number of carboxylic acids is 1. The van der Waals surface area contributed by atoms with Crippen LogP contribution in [0.15, 0.2) is 0 Å². The maximum absolute atomic E-state index is 11.9. The summed E-state index contributed by atoms with van der Waals surface area (Å²) in [4.78, 5) is 23.8. The summed E-state index contributed by atoms with van der Waals surface area (Å²) in [6.45, 7) is 0.624. The lowest BCUT2D eigenvalue weighted by molar-refractivity contribution is -0.146. The molecule has 0 atom stereocenters. The number of nitrogens with two attached hydrogens (primary N) is 1. The van der Waals surface area contributed by atoms with Gasteiger partial charge < -0.3 is 15.7 Å². The maximum Gasteiger partial charge on any atom is 0.305 e. The van der Waals surface area contributed by atoms with Crippen molar-refractivity contribution < 1.29 is 14.7 Å². The molecule has 1 amide bonds. The summed E-state index contributed by atoms with van der Waals surface area (Å²) in [7, 11) is 1.64. The van der Waals surface area contributed by atoms with Crippen molar-refractivity contribution in [3.63, 3.8) is 0 Å². The fraction of sp³-hybridized carbons (Fsp3) is 0.800. The molecule has 1 saturated carbocycles. The van der Waals surface area contributed by atoms with Crippen LogP contribution >= 0.6 is 0 Å². The molecule has 1 aliphatic rings. The average molecular weight is 214 g/mol. The Labute approximate surface area is 89.2 Å². The van der Waals surface area contributed by atoms with Crippen molar-refractivity contribution in [1.29, 1.82) is 0 Å². The zero-order valence-electron chi connectivity index (χ0n) is 9.03. The van der Waals surface area contributed by atoms with E-state index in [0.717, 1.165) is 19.3 Å². The van der Waals surface area contributed by atoms with Gasteiger partial charge in [0, 0.05) is 20.1 Å². The van der Waals surface area contributed by atoms with Crippen LogP contribution in [0.1, 0.15) is 25.7 Å². The molecule has 0 bridgehead atoms. The lowest BCUT2D eigenvalue weighted by atomic mass is 9.68. The maximum atomic E-state index is 11.9. The second-order valence-electron chi connectivity index (χ2n) is 4.21. The smallest absolute Gasteiger partial charge is 0.305 e. The molecular formula is C10H18N2O3. The molecule has 0 aromatic carbocycles. The van der Waals surface area contributed by atoms with E-state index < -0.39 is 11.4 Å². The summed E-state index contributed by atoms with van der Waals surface area (Å²) in [5.41, 5.74) is 5.20. The van der Waals surface area contributed by atoms with Crippen LogP contribution in [0.3, 0.4) is 0 Å². The molecule has 1 aliphatic carbocycles. The number of nitrogens with zero attached hydrogens (tertiary/aromatic N) is 1. The number of amides is 1. The van der Waals surface area contributed by atoms with Gasteiger partial charge in [0.05, 0.1) is 11.8 Å². The third kappa shape index (κ3) is 2.47. The lowest BCUT2D eigenvalue weighted by Crippen LogP contribution is -2.51. The highest BCUT2D eigenvalue weighted by molar-refractivity contribution is 5.84. The molecule has 3 N–H and O–H groups in total. The number of rotatable bonds is 5. The average Bonchev–Trinajstić information content (AvgIpc) is 2.13. The lowest BCUT2D eigenvalue weighted by Gasteiger charge is -2.41. The molecule has 0 heterocycles. The number of hydrogen-bond acceptors (Lipinski definition) is 3. The molecule has 0 aromatic rings. The van der Waals surface area contributed by atoms with E-state index >= 15 is 0 Å². The predicted molar refractivity (Wildman–Crippen MR) is 55.2 cm³/mol. The van der Waals surface area contributed by atoms with Gasteiger partial charge in [-0.3, -0.25) is 9.59 Å². The molecule has 1 fully saturated rings. The summed E-state index contributed by atoms with van der Waals surface area (Å²) in [6, 6.07) is 0. The van der Waals surface area contributed by atoms with Gasteiger partial charge >= 0.3 is 5.97 Å². The molecule has 0 aromatic heterocycles. The minimum Gasteiger partial charge on any atom is -0.481 e. The van der Waals surface area contributed by atoms with E-state index in [2.05, 4.69) is 0 Å². The van der Waals surface area contributed by atoms with E-state index in [1.165, 1.54) is 4.90 Å². The van der Waals surface area contributed by atoms with Crippen molar-refractivity contribution in [1.82, 2.24) is 4.90 Å². The quantitative estimate of drug-likeness (QED) is 0.677. The van der Waals surface area contributed by atoms with Crippen LogP contribution in [0.2, 0.25) is 0 Å². The Morgan fingerprint density at radius 1 is 1.47 bits per heavy atom. The summed E-state index contributed by atoms with van der Waals surface area (Å²) < 4.78 is 0. The van der Waals surface area contributed by atoms with Crippen LogP contribution in [0.5, 0.6) is 0 Å². The van der Waals surface area contributed by atoms with Gasteiger partial charge in [-0.2, -0.15) is 0 Å². The Balaban J connectivity index is 2.48. The van der Waals surface area contributed by atoms with E-state index in [1.807, 2.05) is 0 Å². The Kier molecular flexibility index (Phi) is 3.68. The molecule has 0 radical (unpaired) electrons. The van der Waals surface area contributed by atoms with Gasteiger partial charge in [-0.1, -0.05) is 6.42 Å². The molecule has 5 nitrogen and oxygen atoms in total. The number of carbonyl (C=O) groups excluding carboxylic acids is 1. The topological polar surface area (TPSA) is 83.6 Å². The standard InChI is InChI=1S/C10H18N2O3/c1-12(6-3-8(13)14)9(15)10(7-11)4-2-5-10/h2-7,11H2,1H3,(H,13,14). The molecule has 0 saturated heterocycles. The Bertz CT molecular complexity index is 256. The zero-order valence-corrected chi connectivity index (χ0v) is 9.03. The van der Waals surface area contributed by atoms with E-state index in [9.17, 15) is 9.59 Å². The molecule has 5 heteroatoms. The number of aliphatic carboxylic acids is 1. The first-order valence-corrected chi connectivity index (χ1v) is 5.19. The molecule has 0 unspecified atom stereocenters. The van der Waals surface area contributed by atoms with E-state index in [1.54, 1.807) is 7.05 Å². The van der Waals surface area contributed by atoms with E-state index in [4.69, 9.17) is 10.8 Å². The number of carbonyl (C=O) groups is 2. The normalized spacial score (nSPS) is 18.0. The SMILES string of the molecule is CN(CCC(=O)O)C(=O)C1(CN)CCC1. The second-order valence-corrected chi connectivity index (χ2v) is 4.21. The Morgan fingerprint density at radius 3 is 2.40 bits per heavy atom. The zero-order chi connectivity index (χ0) is 11.5. The highest BCUT2D eigenvalue weighted by atomic mass is 16.4. The molecule has 1 rings (SSSR count). The summed E-state index contributed by atoms with van der Waals surface area (Å²) in [6.07, 6.45) is 2.69. The van der Waals surface area contributed by atoms with Gasteiger partial charge in [-0.25, -0.2) is 0 Å². The Morgan fingerprint density at radius 2 is 2.07 bits per heavy atom. The van der Waals surface area contributed by atoms with Gasteiger partial charge in [0.2, 0.25) is 5.91 Å². The minimum atomic E-state index is -0.884. The van der Waals surface area contributed by atoms with Crippen LogP contribution in [-0.2, 0) is 9.59 Å². The fourth-order valence-corrected chi connectivity index (χ4v) is 1.88. The predicted octanol–water partition coefficient (Wildman–Crippen LogP) is 0.0485. The van der Waals surface area contributed by atoms with Gasteiger partial charge in [-0.15, -0.1) is 0 Å². The molecule has 15 heavy (non-hydrogen) atoms. The minimum absolute atomic E-state index is 0.00231. The van der Waals surface area contributed by atoms with Crippen molar-refractivity contribution in [2.45, 2.75) is 25.7 Å². The van der Waals surface area contributed by atoms with E-state index in [0.29, 0.717) is 6.54 Å². The van der Waals surface area contributed by atoms with Crippen LogP contribution < -0.4 is 5.73 Å². The first kappa shape index (κ1) is 12.0. The second kappa shape index (κ2) is 4.61. The van der Waals surface area contributed by atoms with Crippen molar-refractivity contribution in [3.05, 3.63) is 0 Å². The third-order valence-electron chi connectivity index (χ3n) is 3.16. The molecular weight excluding hydrogens is 196 g/mol. The third-order valence-corrected chi connectivity index (χ3v) is 3.16. The van der Waals surface area contributed by atoms with Crippen LogP contribution in [-0.4, -0.2) is 42.0 Å². The van der Waals surface area contributed by atoms with Crippen molar-refractivity contribution in [3.8, 4) is 0 Å². The molecule has 0 aliphatic heterocycles. The molecule has 0 spiro atoms.